The molecule has 1 aliphatic rings. The molecule has 0 heterocycles. The summed E-state index contributed by atoms with van der Waals surface area (Å²) in [6, 6.07) is 15.9. The number of hydrogen-bond acceptors (Lipinski definition) is 1. The Bertz CT molecular complexity index is 618. The van der Waals surface area contributed by atoms with Gasteiger partial charge in [-0.2, -0.15) is 0 Å². The van der Waals surface area contributed by atoms with Crippen LogP contribution in [0.25, 0.3) is 0 Å². The zero-order chi connectivity index (χ0) is 14.8. The summed E-state index contributed by atoms with van der Waals surface area (Å²) in [5, 5.41) is 4.64. The van der Waals surface area contributed by atoms with E-state index >= 15 is 0 Å². The molecule has 0 radical (unpaired) electrons. The van der Waals surface area contributed by atoms with Gasteiger partial charge in [0.25, 0.3) is 0 Å². The Morgan fingerprint density at radius 2 is 1.95 bits per heavy atom. The minimum Gasteiger partial charge on any atom is -0.303 e. The lowest BCUT2D eigenvalue weighted by atomic mass is 10.0. The molecule has 2 atom stereocenters. The fourth-order valence-electron chi connectivity index (χ4n) is 3.28. The van der Waals surface area contributed by atoms with Gasteiger partial charge < -0.3 is 5.32 Å². The first-order chi connectivity index (χ1) is 10.2. The van der Waals surface area contributed by atoms with Gasteiger partial charge in [-0.1, -0.05) is 54.4 Å². The summed E-state index contributed by atoms with van der Waals surface area (Å²) in [6.07, 6.45) is 3.46. The third-order valence-electron chi connectivity index (χ3n) is 4.46. The second-order valence-electron chi connectivity index (χ2n) is 5.97. The minimum atomic E-state index is 0.388. The standard InChI is InChI=1S/C19H22ClN/c1-3-18(15-6-9-16(20)10-7-15)21-19-11-8-14-5-4-13(2)12-17(14)19/h4-7,9-10,12,18-19,21H,3,8,11H2,1-2H3. The summed E-state index contributed by atoms with van der Waals surface area (Å²) in [7, 11) is 0. The maximum absolute atomic E-state index is 5.99. The first kappa shape index (κ1) is 14.6. The van der Waals surface area contributed by atoms with Crippen LogP contribution >= 0.6 is 11.6 Å². The first-order valence-electron chi connectivity index (χ1n) is 7.78. The predicted molar refractivity (Wildman–Crippen MR) is 89.9 cm³/mol. The molecule has 1 nitrogen and oxygen atoms in total. The minimum absolute atomic E-state index is 0.388. The molecule has 2 unspecified atom stereocenters. The molecule has 2 aromatic carbocycles. The van der Waals surface area contributed by atoms with E-state index in [-0.39, 0.29) is 0 Å². The highest BCUT2D eigenvalue weighted by molar-refractivity contribution is 6.30. The van der Waals surface area contributed by atoms with E-state index in [0.29, 0.717) is 12.1 Å². The van der Waals surface area contributed by atoms with Crippen molar-refractivity contribution in [2.75, 3.05) is 0 Å². The van der Waals surface area contributed by atoms with Crippen LogP contribution < -0.4 is 5.32 Å². The highest BCUT2D eigenvalue weighted by atomic mass is 35.5. The van der Waals surface area contributed by atoms with Crippen LogP contribution in [0.1, 0.15) is 54.1 Å². The van der Waals surface area contributed by atoms with Crippen LogP contribution in [0.5, 0.6) is 0 Å². The van der Waals surface area contributed by atoms with Crippen molar-refractivity contribution in [1.82, 2.24) is 5.32 Å². The second-order valence-corrected chi connectivity index (χ2v) is 6.41. The number of benzene rings is 2. The number of nitrogens with one attached hydrogen (secondary N) is 1. The van der Waals surface area contributed by atoms with Gasteiger partial charge in [0.05, 0.1) is 0 Å². The summed E-state index contributed by atoms with van der Waals surface area (Å²) in [5.74, 6) is 0. The average molecular weight is 300 g/mol. The van der Waals surface area contributed by atoms with Gasteiger partial charge in [-0.05, 0) is 55.0 Å². The average Bonchev–Trinajstić information content (AvgIpc) is 2.88. The van der Waals surface area contributed by atoms with Crippen molar-refractivity contribution in [2.45, 2.75) is 45.2 Å². The van der Waals surface area contributed by atoms with Crippen LogP contribution in [0.3, 0.4) is 0 Å². The van der Waals surface area contributed by atoms with E-state index in [1.165, 1.54) is 35.1 Å². The molecular weight excluding hydrogens is 278 g/mol. The molecule has 0 bridgehead atoms. The van der Waals surface area contributed by atoms with E-state index in [1.807, 2.05) is 12.1 Å². The zero-order valence-corrected chi connectivity index (χ0v) is 13.5. The van der Waals surface area contributed by atoms with E-state index in [2.05, 4.69) is 49.5 Å². The molecule has 21 heavy (non-hydrogen) atoms. The number of aryl methyl sites for hydroxylation is 2. The molecule has 1 N–H and O–H groups in total. The van der Waals surface area contributed by atoms with Crippen molar-refractivity contribution < 1.29 is 0 Å². The Hall–Kier alpha value is -1.31. The molecule has 0 spiro atoms. The number of fused-ring (bicyclic) bond motifs is 1. The third-order valence-corrected chi connectivity index (χ3v) is 4.71. The van der Waals surface area contributed by atoms with Crippen LogP contribution in [0.4, 0.5) is 0 Å². The smallest absolute Gasteiger partial charge is 0.0406 e. The van der Waals surface area contributed by atoms with Gasteiger partial charge in [-0.25, -0.2) is 0 Å². The fourth-order valence-corrected chi connectivity index (χ4v) is 3.41. The van der Waals surface area contributed by atoms with Crippen molar-refractivity contribution in [3.8, 4) is 0 Å². The molecule has 0 amide bonds. The number of halogens is 1. The van der Waals surface area contributed by atoms with Gasteiger partial charge in [0.1, 0.15) is 0 Å². The zero-order valence-electron chi connectivity index (χ0n) is 12.7. The molecule has 0 fully saturated rings. The topological polar surface area (TPSA) is 12.0 Å². The van der Waals surface area contributed by atoms with Gasteiger partial charge in [0.15, 0.2) is 0 Å². The largest absolute Gasteiger partial charge is 0.303 e. The van der Waals surface area contributed by atoms with E-state index in [0.717, 1.165) is 11.4 Å². The summed E-state index contributed by atoms with van der Waals surface area (Å²) >= 11 is 5.99. The Labute approximate surface area is 132 Å². The Morgan fingerprint density at radius 3 is 2.67 bits per heavy atom. The van der Waals surface area contributed by atoms with Gasteiger partial charge in [0, 0.05) is 17.1 Å². The van der Waals surface area contributed by atoms with E-state index < -0.39 is 0 Å². The fraction of sp³-hybridized carbons (Fsp3) is 0.368. The van der Waals surface area contributed by atoms with Crippen LogP contribution in [-0.4, -0.2) is 0 Å². The van der Waals surface area contributed by atoms with Gasteiger partial charge in [-0.15, -0.1) is 0 Å². The number of rotatable bonds is 4. The molecule has 110 valence electrons. The van der Waals surface area contributed by atoms with Crippen molar-refractivity contribution in [2.24, 2.45) is 0 Å². The van der Waals surface area contributed by atoms with Crippen molar-refractivity contribution >= 4 is 11.6 Å². The maximum Gasteiger partial charge on any atom is 0.0406 e. The summed E-state index contributed by atoms with van der Waals surface area (Å²) in [6.45, 7) is 4.41. The van der Waals surface area contributed by atoms with Crippen LogP contribution in [0, 0.1) is 6.92 Å². The van der Waals surface area contributed by atoms with Crippen LogP contribution in [0.15, 0.2) is 42.5 Å². The maximum atomic E-state index is 5.99. The van der Waals surface area contributed by atoms with Crippen molar-refractivity contribution in [1.29, 1.82) is 0 Å². The molecular formula is C19H22ClN. The summed E-state index contributed by atoms with van der Waals surface area (Å²) < 4.78 is 0. The Morgan fingerprint density at radius 1 is 1.19 bits per heavy atom. The van der Waals surface area contributed by atoms with Crippen molar-refractivity contribution in [3.63, 3.8) is 0 Å². The van der Waals surface area contributed by atoms with Gasteiger partial charge >= 0.3 is 0 Å². The van der Waals surface area contributed by atoms with Gasteiger partial charge in [0.2, 0.25) is 0 Å². The van der Waals surface area contributed by atoms with Crippen LogP contribution in [-0.2, 0) is 6.42 Å². The molecule has 0 saturated carbocycles. The number of hydrogen-bond donors (Lipinski definition) is 1. The lowest BCUT2D eigenvalue weighted by Crippen LogP contribution is -2.24. The SMILES string of the molecule is CCC(NC1CCc2ccc(C)cc21)c1ccc(Cl)cc1. The predicted octanol–water partition coefficient (Wildman–Crippen LogP) is 5.38. The van der Waals surface area contributed by atoms with Gasteiger partial charge in [-0.3, -0.25) is 0 Å². The molecule has 2 heteroatoms. The molecule has 2 aromatic rings. The lowest BCUT2D eigenvalue weighted by Gasteiger charge is -2.23. The van der Waals surface area contributed by atoms with E-state index in [9.17, 15) is 0 Å². The van der Waals surface area contributed by atoms with E-state index in [1.54, 1.807) is 0 Å². The molecule has 1 aliphatic carbocycles. The molecule has 3 rings (SSSR count). The quantitative estimate of drug-likeness (QED) is 0.799. The lowest BCUT2D eigenvalue weighted by molar-refractivity contribution is 0.433. The highest BCUT2D eigenvalue weighted by Crippen LogP contribution is 2.34. The Kier molecular flexibility index (Phi) is 4.32. The third kappa shape index (κ3) is 3.14. The summed E-state index contributed by atoms with van der Waals surface area (Å²) in [4.78, 5) is 0. The van der Waals surface area contributed by atoms with E-state index in [4.69, 9.17) is 11.6 Å². The first-order valence-corrected chi connectivity index (χ1v) is 8.16. The Balaban J connectivity index is 1.80. The molecule has 0 aromatic heterocycles. The van der Waals surface area contributed by atoms with Crippen LogP contribution in [0.2, 0.25) is 5.02 Å². The van der Waals surface area contributed by atoms with Crippen molar-refractivity contribution in [3.05, 3.63) is 69.7 Å². The molecule has 0 saturated heterocycles. The second kappa shape index (κ2) is 6.21. The summed E-state index contributed by atoms with van der Waals surface area (Å²) in [5.41, 5.74) is 5.66. The highest BCUT2D eigenvalue weighted by Gasteiger charge is 2.24. The normalized spacial score (nSPS) is 18.5. The molecule has 0 aliphatic heterocycles. The monoisotopic (exact) mass is 299 g/mol.